The third-order valence-electron chi connectivity index (χ3n) is 2.42. The van der Waals surface area contributed by atoms with Crippen molar-refractivity contribution in [1.29, 1.82) is 0 Å². The van der Waals surface area contributed by atoms with Crippen LogP contribution in [-0.2, 0) is 4.79 Å². The lowest BCUT2D eigenvalue weighted by Crippen LogP contribution is -2.44. The molecule has 2 atom stereocenters. The smallest absolute Gasteiger partial charge is 0.237 e. The van der Waals surface area contributed by atoms with Crippen LogP contribution in [0.25, 0.3) is 0 Å². The summed E-state index contributed by atoms with van der Waals surface area (Å²) in [7, 11) is 0. The van der Waals surface area contributed by atoms with Crippen LogP contribution in [0.15, 0.2) is 0 Å². The van der Waals surface area contributed by atoms with E-state index in [0.717, 1.165) is 0 Å². The average molecular weight is 244 g/mol. The van der Waals surface area contributed by atoms with E-state index in [-0.39, 0.29) is 17.9 Å². The first-order valence-electron chi connectivity index (χ1n) is 6.33. The van der Waals surface area contributed by atoms with Crippen molar-refractivity contribution in [3.05, 3.63) is 0 Å². The second-order valence-corrected chi connectivity index (χ2v) is 6.40. The number of aliphatic hydroxyl groups excluding tert-OH is 1. The number of nitrogens with one attached hydrogen (secondary N) is 1. The SMILES string of the molecule is CC(C)C[C@@H](N)C(=O)NCC(O)CC(C)(C)C. The molecule has 0 aliphatic rings. The summed E-state index contributed by atoms with van der Waals surface area (Å²) in [5, 5.41) is 12.4. The fourth-order valence-corrected chi connectivity index (χ4v) is 1.74. The van der Waals surface area contributed by atoms with Gasteiger partial charge in [0.15, 0.2) is 0 Å². The van der Waals surface area contributed by atoms with Crippen LogP contribution in [-0.4, -0.2) is 29.7 Å². The summed E-state index contributed by atoms with van der Waals surface area (Å²) < 4.78 is 0. The third kappa shape index (κ3) is 9.12. The van der Waals surface area contributed by atoms with Gasteiger partial charge in [-0.2, -0.15) is 0 Å². The van der Waals surface area contributed by atoms with Crippen LogP contribution in [0, 0.1) is 11.3 Å². The molecule has 0 fully saturated rings. The maximum atomic E-state index is 11.6. The van der Waals surface area contributed by atoms with E-state index in [1.54, 1.807) is 0 Å². The molecule has 0 aromatic rings. The van der Waals surface area contributed by atoms with Crippen molar-refractivity contribution in [1.82, 2.24) is 5.32 Å². The molecule has 4 nitrogen and oxygen atoms in total. The van der Waals surface area contributed by atoms with E-state index >= 15 is 0 Å². The van der Waals surface area contributed by atoms with Gasteiger partial charge in [0.2, 0.25) is 5.91 Å². The van der Waals surface area contributed by atoms with E-state index < -0.39 is 12.1 Å². The highest BCUT2D eigenvalue weighted by atomic mass is 16.3. The van der Waals surface area contributed by atoms with Gasteiger partial charge in [0.1, 0.15) is 0 Å². The van der Waals surface area contributed by atoms with Crippen molar-refractivity contribution in [2.45, 2.75) is 59.6 Å². The molecule has 0 saturated heterocycles. The maximum Gasteiger partial charge on any atom is 0.237 e. The summed E-state index contributed by atoms with van der Waals surface area (Å²) in [5.74, 6) is 0.224. The fraction of sp³-hybridized carbons (Fsp3) is 0.923. The van der Waals surface area contributed by atoms with E-state index in [2.05, 4.69) is 26.1 Å². The van der Waals surface area contributed by atoms with Crippen molar-refractivity contribution in [2.24, 2.45) is 17.1 Å². The normalized spacial score (nSPS) is 15.8. The minimum absolute atomic E-state index is 0.0597. The molecule has 0 saturated carbocycles. The molecule has 0 aliphatic carbocycles. The molecule has 0 spiro atoms. The fourth-order valence-electron chi connectivity index (χ4n) is 1.74. The van der Waals surface area contributed by atoms with Gasteiger partial charge in [0, 0.05) is 6.54 Å². The number of hydrogen-bond donors (Lipinski definition) is 3. The van der Waals surface area contributed by atoms with Crippen molar-refractivity contribution < 1.29 is 9.90 Å². The molecule has 17 heavy (non-hydrogen) atoms. The van der Waals surface area contributed by atoms with Crippen molar-refractivity contribution in [3.63, 3.8) is 0 Å². The predicted octanol–water partition coefficient (Wildman–Crippen LogP) is 1.27. The first kappa shape index (κ1) is 16.4. The molecule has 4 heteroatoms. The second kappa shape index (κ2) is 6.97. The van der Waals surface area contributed by atoms with Crippen LogP contribution in [0.4, 0.5) is 0 Å². The number of amides is 1. The Morgan fingerprint density at radius 2 is 1.88 bits per heavy atom. The van der Waals surface area contributed by atoms with Crippen molar-refractivity contribution >= 4 is 5.91 Å². The summed E-state index contributed by atoms with van der Waals surface area (Å²) in [6.45, 7) is 10.5. The lowest BCUT2D eigenvalue weighted by Gasteiger charge is -2.23. The molecule has 102 valence electrons. The summed E-state index contributed by atoms with van der Waals surface area (Å²) in [4.78, 5) is 11.6. The molecule has 0 aliphatic heterocycles. The number of nitrogens with two attached hydrogens (primary N) is 1. The van der Waals surface area contributed by atoms with Crippen LogP contribution < -0.4 is 11.1 Å². The van der Waals surface area contributed by atoms with Crippen LogP contribution in [0.1, 0.15) is 47.5 Å². The molecule has 4 N–H and O–H groups in total. The van der Waals surface area contributed by atoms with Crippen LogP contribution in [0.3, 0.4) is 0 Å². The standard InChI is InChI=1S/C13H28N2O2/c1-9(2)6-11(14)12(17)15-8-10(16)7-13(3,4)5/h9-11,16H,6-8,14H2,1-5H3,(H,15,17)/t10?,11-/m1/s1. The molecular formula is C13H28N2O2. The topological polar surface area (TPSA) is 75.4 Å². The van der Waals surface area contributed by atoms with Gasteiger partial charge in [-0.15, -0.1) is 0 Å². The van der Waals surface area contributed by atoms with Gasteiger partial charge < -0.3 is 16.2 Å². The highest BCUT2D eigenvalue weighted by Gasteiger charge is 2.19. The Balaban J connectivity index is 3.91. The minimum Gasteiger partial charge on any atom is -0.391 e. The Morgan fingerprint density at radius 1 is 1.35 bits per heavy atom. The molecule has 0 radical (unpaired) electrons. The molecule has 1 unspecified atom stereocenters. The lowest BCUT2D eigenvalue weighted by atomic mass is 9.89. The Bertz CT molecular complexity index is 234. The zero-order chi connectivity index (χ0) is 13.6. The monoisotopic (exact) mass is 244 g/mol. The molecular weight excluding hydrogens is 216 g/mol. The van der Waals surface area contributed by atoms with Gasteiger partial charge in [0.05, 0.1) is 12.1 Å². The van der Waals surface area contributed by atoms with E-state index in [1.165, 1.54) is 0 Å². The van der Waals surface area contributed by atoms with Gasteiger partial charge in [-0.25, -0.2) is 0 Å². The van der Waals surface area contributed by atoms with Gasteiger partial charge in [-0.3, -0.25) is 4.79 Å². The molecule has 0 rings (SSSR count). The Kier molecular flexibility index (Phi) is 6.72. The number of carbonyl (C=O) groups excluding carboxylic acids is 1. The van der Waals surface area contributed by atoms with Crippen LogP contribution >= 0.6 is 0 Å². The van der Waals surface area contributed by atoms with E-state index in [0.29, 0.717) is 18.8 Å². The largest absolute Gasteiger partial charge is 0.391 e. The maximum absolute atomic E-state index is 11.6. The lowest BCUT2D eigenvalue weighted by molar-refractivity contribution is -0.123. The first-order valence-corrected chi connectivity index (χ1v) is 6.33. The summed E-state index contributed by atoms with van der Waals surface area (Å²) >= 11 is 0. The second-order valence-electron chi connectivity index (χ2n) is 6.40. The van der Waals surface area contributed by atoms with Crippen molar-refractivity contribution in [2.75, 3.05) is 6.54 Å². The van der Waals surface area contributed by atoms with Crippen LogP contribution in [0.5, 0.6) is 0 Å². The first-order chi connectivity index (χ1) is 7.61. The van der Waals surface area contributed by atoms with Gasteiger partial charge in [-0.05, 0) is 24.2 Å². The average Bonchev–Trinajstić information content (AvgIpc) is 2.10. The zero-order valence-corrected chi connectivity index (χ0v) is 11.8. The van der Waals surface area contributed by atoms with Crippen LogP contribution in [0.2, 0.25) is 0 Å². The Labute approximate surface area is 105 Å². The summed E-state index contributed by atoms with van der Waals surface area (Å²) in [5.41, 5.74) is 5.80. The van der Waals surface area contributed by atoms with Gasteiger partial charge >= 0.3 is 0 Å². The van der Waals surface area contributed by atoms with E-state index in [4.69, 9.17) is 5.73 Å². The number of carbonyl (C=O) groups is 1. The van der Waals surface area contributed by atoms with E-state index in [9.17, 15) is 9.90 Å². The third-order valence-corrected chi connectivity index (χ3v) is 2.42. The van der Waals surface area contributed by atoms with Gasteiger partial charge in [0.25, 0.3) is 0 Å². The number of rotatable bonds is 6. The summed E-state index contributed by atoms with van der Waals surface area (Å²) in [6, 6.07) is -0.475. The number of aliphatic hydroxyl groups is 1. The molecule has 0 heterocycles. The predicted molar refractivity (Wildman–Crippen MR) is 70.5 cm³/mol. The molecule has 0 bridgehead atoms. The Morgan fingerprint density at radius 3 is 2.29 bits per heavy atom. The minimum atomic E-state index is -0.509. The van der Waals surface area contributed by atoms with Crippen molar-refractivity contribution in [3.8, 4) is 0 Å². The highest BCUT2D eigenvalue weighted by Crippen LogP contribution is 2.20. The quantitative estimate of drug-likeness (QED) is 0.658. The summed E-state index contributed by atoms with van der Waals surface area (Å²) in [6.07, 6.45) is 0.818. The molecule has 0 aromatic carbocycles. The Hall–Kier alpha value is -0.610. The van der Waals surface area contributed by atoms with Gasteiger partial charge in [-0.1, -0.05) is 34.6 Å². The highest BCUT2D eigenvalue weighted by molar-refractivity contribution is 5.81. The molecule has 0 aromatic heterocycles. The molecule has 1 amide bonds. The van der Waals surface area contributed by atoms with E-state index in [1.807, 2.05) is 13.8 Å². The zero-order valence-electron chi connectivity index (χ0n) is 11.8. The number of hydrogen-bond acceptors (Lipinski definition) is 3.